The number of amides is 2. The lowest BCUT2D eigenvalue weighted by atomic mass is 10.1. The molecule has 0 bridgehead atoms. The third-order valence-electron chi connectivity index (χ3n) is 5.05. The third-order valence-corrected chi connectivity index (χ3v) is 5.05. The summed E-state index contributed by atoms with van der Waals surface area (Å²) >= 11 is 0. The van der Waals surface area contributed by atoms with Crippen LogP contribution in [0.25, 0.3) is 22.5 Å². The number of nitrogens with one attached hydrogen (secondary N) is 1. The van der Waals surface area contributed by atoms with Crippen molar-refractivity contribution in [1.29, 1.82) is 0 Å². The maximum absolute atomic E-state index is 12.7. The molecule has 1 heterocycles. The fourth-order valence-electron chi connectivity index (χ4n) is 3.43. The molecule has 1 aromatic heterocycles. The van der Waals surface area contributed by atoms with Gasteiger partial charge in [-0.3, -0.25) is 19.9 Å². The highest BCUT2D eigenvalue weighted by Gasteiger charge is 2.16. The molecule has 4 N–H and O–H groups in total. The van der Waals surface area contributed by atoms with E-state index < -0.39 is 0 Å². The SMILES string of the molecule is CN(C)C(=O)c1ccc(-c2ccc(-c3ccccc3)n2CC(=O)NC(N)=NCCCO)cc1. The van der Waals surface area contributed by atoms with E-state index in [2.05, 4.69) is 10.3 Å². The van der Waals surface area contributed by atoms with Crippen LogP contribution in [-0.2, 0) is 11.3 Å². The Bertz CT molecular complexity index is 1120. The average molecular weight is 448 g/mol. The Balaban J connectivity index is 1.92. The molecule has 2 aromatic carbocycles. The molecule has 2 amide bonds. The first-order valence-corrected chi connectivity index (χ1v) is 10.7. The highest BCUT2D eigenvalue weighted by atomic mass is 16.3. The largest absolute Gasteiger partial charge is 0.396 e. The van der Waals surface area contributed by atoms with E-state index in [1.807, 2.05) is 59.2 Å². The lowest BCUT2D eigenvalue weighted by molar-refractivity contribution is -0.120. The number of carbonyl (C=O) groups excluding carboxylic acids is 2. The van der Waals surface area contributed by atoms with E-state index in [1.54, 1.807) is 26.2 Å². The summed E-state index contributed by atoms with van der Waals surface area (Å²) < 4.78 is 1.91. The number of hydrogen-bond acceptors (Lipinski definition) is 4. The first-order chi connectivity index (χ1) is 15.9. The van der Waals surface area contributed by atoms with Crippen LogP contribution < -0.4 is 11.1 Å². The molecule has 0 aliphatic rings. The van der Waals surface area contributed by atoms with Crippen molar-refractivity contribution in [2.45, 2.75) is 13.0 Å². The first kappa shape index (κ1) is 23.7. The second-order valence-electron chi connectivity index (χ2n) is 7.73. The molecule has 0 saturated carbocycles. The number of aliphatic imine (C=N–C) groups is 1. The van der Waals surface area contributed by atoms with Crippen LogP contribution in [0.2, 0.25) is 0 Å². The van der Waals surface area contributed by atoms with E-state index in [1.165, 1.54) is 4.90 Å². The number of aliphatic hydroxyl groups excluding tert-OH is 1. The van der Waals surface area contributed by atoms with E-state index in [4.69, 9.17) is 10.8 Å². The van der Waals surface area contributed by atoms with E-state index in [-0.39, 0.29) is 30.9 Å². The van der Waals surface area contributed by atoms with Crippen LogP contribution in [0.5, 0.6) is 0 Å². The number of carbonyl (C=O) groups is 2. The van der Waals surface area contributed by atoms with Crippen LogP contribution in [0.3, 0.4) is 0 Å². The summed E-state index contributed by atoms with van der Waals surface area (Å²) in [5, 5.41) is 11.5. The quantitative estimate of drug-likeness (QED) is 0.279. The molecule has 8 nitrogen and oxygen atoms in total. The Hall–Kier alpha value is -3.91. The number of benzene rings is 2. The van der Waals surface area contributed by atoms with Crippen LogP contribution in [0.4, 0.5) is 0 Å². The summed E-state index contributed by atoms with van der Waals surface area (Å²) in [6.07, 6.45) is 0.475. The van der Waals surface area contributed by atoms with Gasteiger partial charge >= 0.3 is 0 Å². The van der Waals surface area contributed by atoms with Gasteiger partial charge in [-0.15, -0.1) is 0 Å². The molecular formula is C25H29N5O3. The maximum Gasteiger partial charge on any atom is 0.253 e. The molecule has 0 atom stereocenters. The van der Waals surface area contributed by atoms with Crippen molar-refractivity contribution in [3.05, 3.63) is 72.3 Å². The summed E-state index contributed by atoms with van der Waals surface area (Å²) in [6.45, 7) is 0.378. The van der Waals surface area contributed by atoms with E-state index >= 15 is 0 Å². The predicted molar refractivity (Wildman–Crippen MR) is 130 cm³/mol. The minimum absolute atomic E-state index is 0.0107. The van der Waals surface area contributed by atoms with Crippen LogP contribution in [0.15, 0.2) is 71.7 Å². The Labute approximate surface area is 193 Å². The fraction of sp³-hybridized carbons (Fsp3) is 0.240. The molecule has 33 heavy (non-hydrogen) atoms. The van der Waals surface area contributed by atoms with E-state index in [0.29, 0.717) is 18.5 Å². The van der Waals surface area contributed by atoms with E-state index in [0.717, 1.165) is 22.5 Å². The van der Waals surface area contributed by atoms with Gasteiger partial charge in [-0.2, -0.15) is 0 Å². The van der Waals surface area contributed by atoms with Gasteiger partial charge in [0.2, 0.25) is 5.91 Å². The topological polar surface area (TPSA) is 113 Å². The highest BCUT2D eigenvalue weighted by Crippen LogP contribution is 2.29. The number of nitrogens with zero attached hydrogens (tertiary/aromatic N) is 3. The van der Waals surface area contributed by atoms with Crippen molar-refractivity contribution in [2.75, 3.05) is 27.2 Å². The van der Waals surface area contributed by atoms with Gasteiger partial charge in [0.15, 0.2) is 5.96 Å². The maximum atomic E-state index is 12.7. The number of aliphatic hydroxyl groups is 1. The molecule has 0 saturated heterocycles. The number of aromatic nitrogens is 1. The second kappa shape index (κ2) is 11.1. The molecule has 0 aliphatic heterocycles. The zero-order chi connectivity index (χ0) is 23.8. The van der Waals surface area contributed by atoms with Crippen LogP contribution in [0, 0.1) is 0 Å². The number of nitrogens with two attached hydrogens (primary N) is 1. The summed E-state index contributed by atoms with van der Waals surface area (Å²) in [6, 6.07) is 21.0. The summed E-state index contributed by atoms with van der Waals surface area (Å²) in [5.74, 6) is -0.360. The first-order valence-electron chi connectivity index (χ1n) is 10.7. The van der Waals surface area contributed by atoms with Gasteiger partial charge < -0.3 is 20.3 Å². The van der Waals surface area contributed by atoms with Gasteiger partial charge in [0.1, 0.15) is 6.54 Å². The molecule has 0 fully saturated rings. The molecule has 3 aromatic rings. The van der Waals surface area contributed by atoms with Crippen molar-refractivity contribution in [3.8, 4) is 22.5 Å². The standard InChI is InChI=1S/C25H29N5O3/c1-29(2)24(33)20-11-9-19(10-12-20)22-14-13-21(18-7-4-3-5-8-18)30(22)17-23(32)28-25(26)27-15-6-16-31/h3-5,7-14,31H,6,15-17H2,1-2H3,(H3,26,27,28,32). The average Bonchev–Trinajstić information content (AvgIpc) is 3.22. The Morgan fingerprint density at radius 1 is 0.970 bits per heavy atom. The lowest BCUT2D eigenvalue weighted by Crippen LogP contribution is -2.39. The zero-order valence-corrected chi connectivity index (χ0v) is 18.9. The monoisotopic (exact) mass is 447 g/mol. The molecular weight excluding hydrogens is 418 g/mol. The Morgan fingerprint density at radius 2 is 1.58 bits per heavy atom. The van der Waals surface area contributed by atoms with Gasteiger partial charge in [0.05, 0.1) is 0 Å². The molecule has 8 heteroatoms. The number of guanidine groups is 1. The van der Waals surface area contributed by atoms with Crippen molar-refractivity contribution >= 4 is 17.8 Å². The third kappa shape index (κ3) is 6.08. The van der Waals surface area contributed by atoms with E-state index in [9.17, 15) is 9.59 Å². The Kier molecular flexibility index (Phi) is 7.99. The second-order valence-corrected chi connectivity index (χ2v) is 7.73. The Morgan fingerprint density at radius 3 is 2.15 bits per heavy atom. The molecule has 0 unspecified atom stereocenters. The number of rotatable bonds is 8. The summed E-state index contributed by atoms with van der Waals surface area (Å²) in [4.78, 5) is 30.5. The van der Waals surface area contributed by atoms with Gasteiger partial charge in [0.25, 0.3) is 5.91 Å². The van der Waals surface area contributed by atoms with Crippen molar-refractivity contribution in [2.24, 2.45) is 10.7 Å². The van der Waals surface area contributed by atoms with Crippen LogP contribution >= 0.6 is 0 Å². The van der Waals surface area contributed by atoms with Gasteiger partial charge in [-0.1, -0.05) is 42.5 Å². The van der Waals surface area contributed by atoms with Crippen molar-refractivity contribution in [1.82, 2.24) is 14.8 Å². The van der Waals surface area contributed by atoms with Crippen LogP contribution in [0.1, 0.15) is 16.8 Å². The van der Waals surface area contributed by atoms with Crippen molar-refractivity contribution in [3.63, 3.8) is 0 Å². The number of hydrogen-bond donors (Lipinski definition) is 3. The lowest BCUT2D eigenvalue weighted by Gasteiger charge is -2.15. The fourth-order valence-corrected chi connectivity index (χ4v) is 3.43. The van der Waals surface area contributed by atoms with Gasteiger partial charge in [-0.05, 0) is 41.8 Å². The molecule has 3 rings (SSSR count). The molecule has 0 aliphatic carbocycles. The highest BCUT2D eigenvalue weighted by molar-refractivity contribution is 5.96. The predicted octanol–water partition coefficient (Wildman–Crippen LogP) is 2.34. The molecule has 0 radical (unpaired) electrons. The minimum Gasteiger partial charge on any atom is -0.396 e. The normalized spacial score (nSPS) is 11.3. The molecule has 0 spiro atoms. The smallest absolute Gasteiger partial charge is 0.253 e. The van der Waals surface area contributed by atoms with Gasteiger partial charge in [0, 0.05) is 44.2 Å². The van der Waals surface area contributed by atoms with Crippen molar-refractivity contribution < 1.29 is 14.7 Å². The molecule has 172 valence electrons. The minimum atomic E-state index is -0.311. The summed E-state index contributed by atoms with van der Waals surface area (Å²) in [7, 11) is 3.43. The van der Waals surface area contributed by atoms with Crippen LogP contribution in [-0.4, -0.2) is 59.6 Å². The zero-order valence-electron chi connectivity index (χ0n) is 18.9. The van der Waals surface area contributed by atoms with Gasteiger partial charge in [-0.25, -0.2) is 0 Å². The summed E-state index contributed by atoms with van der Waals surface area (Å²) in [5.41, 5.74) is 9.96.